The van der Waals surface area contributed by atoms with E-state index in [9.17, 15) is 8.42 Å². The summed E-state index contributed by atoms with van der Waals surface area (Å²) in [6, 6.07) is 8.18. The van der Waals surface area contributed by atoms with E-state index < -0.39 is 9.84 Å². The van der Waals surface area contributed by atoms with Gasteiger partial charge in [0.2, 0.25) is 0 Å². The molecule has 0 spiro atoms. The van der Waals surface area contributed by atoms with Crippen molar-refractivity contribution in [1.82, 2.24) is 14.5 Å². The lowest BCUT2D eigenvalue weighted by Gasteiger charge is -2.10. The Hall–Kier alpha value is -1.95. The summed E-state index contributed by atoms with van der Waals surface area (Å²) in [4.78, 5) is 9.38. The topological polar surface area (TPSA) is 64.8 Å². The van der Waals surface area contributed by atoms with Crippen LogP contribution < -0.4 is 0 Å². The lowest BCUT2D eigenvalue weighted by molar-refractivity contribution is 0.573. The zero-order chi connectivity index (χ0) is 18.6. The van der Waals surface area contributed by atoms with Crippen molar-refractivity contribution in [2.45, 2.75) is 52.0 Å². The third kappa shape index (κ3) is 4.41. The molecule has 0 radical (unpaired) electrons. The Kier molecular flexibility index (Phi) is 5.91. The van der Waals surface area contributed by atoms with Crippen LogP contribution in [0.15, 0.2) is 30.5 Å². The maximum atomic E-state index is 11.3. The van der Waals surface area contributed by atoms with E-state index in [2.05, 4.69) is 22.5 Å². The average Bonchev–Trinajstić information content (AvgIpc) is 2.96. The first-order valence-electron chi connectivity index (χ1n) is 9.40. The summed E-state index contributed by atoms with van der Waals surface area (Å²) in [6.45, 7) is 3.06. The number of sulfone groups is 1. The molecule has 3 rings (SSSR count). The fourth-order valence-electron chi connectivity index (χ4n) is 3.39. The van der Waals surface area contributed by atoms with Crippen molar-refractivity contribution in [2.75, 3.05) is 12.0 Å². The molecule has 0 saturated heterocycles. The second-order valence-corrected chi connectivity index (χ2v) is 9.24. The first kappa shape index (κ1) is 18.8. The van der Waals surface area contributed by atoms with Crippen LogP contribution in [0, 0.1) is 0 Å². The Morgan fingerprint density at radius 2 is 1.85 bits per heavy atom. The number of nitrogens with zero attached hydrogens (tertiary/aromatic N) is 3. The van der Waals surface area contributed by atoms with E-state index >= 15 is 0 Å². The molecular formula is C20H27N3O2S. The van der Waals surface area contributed by atoms with Crippen LogP contribution in [0.2, 0.25) is 0 Å². The molecule has 1 aromatic carbocycles. The zero-order valence-electron chi connectivity index (χ0n) is 15.6. The number of unbranched alkanes of at least 4 members (excludes halogenated alkanes) is 3. The van der Waals surface area contributed by atoms with Gasteiger partial charge in [0, 0.05) is 30.4 Å². The molecule has 0 aliphatic heterocycles. The molecule has 0 unspecified atom stereocenters. The van der Waals surface area contributed by atoms with E-state index in [1.54, 1.807) is 0 Å². The van der Waals surface area contributed by atoms with Gasteiger partial charge in [0.15, 0.2) is 0 Å². The van der Waals surface area contributed by atoms with Crippen LogP contribution in [0.3, 0.4) is 0 Å². The fourth-order valence-corrected chi connectivity index (χ4v) is 4.12. The SMILES string of the molecule is CCCCc1nc2cnc3ccccc3c2n1CCCCCS(C)(=O)=O. The van der Waals surface area contributed by atoms with E-state index in [4.69, 9.17) is 4.98 Å². The van der Waals surface area contributed by atoms with Gasteiger partial charge in [-0.25, -0.2) is 13.4 Å². The minimum Gasteiger partial charge on any atom is -0.327 e. The molecule has 0 saturated carbocycles. The highest BCUT2D eigenvalue weighted by Gasteiger charge is 2.14. The second-order valence-electron chi connectivity index (χ2n) is 6.98. The summed E-state index contributed by atoms with van der Waals surface area (Å²) in [5.74, 6) is 1.39. The van der Waals surface area contributed by atoms with Crippen molar-refractivity contribution in [3.63, 3.8) is 0 Å². The number of rotatable bonds is 9. The van der Waals surface area contributed by atoms with Crippen molar-refractivity contribution in [3.8, 4) is 0 Å². The number of pyridine rings is 1. The normalized spacial score (nSPS) is 12.2. The molecule has 3 aromatic rings. The molecule has 26 heavy (non-hydrogen) atoms. The predicted octanol–water partition coefficient (Wildman–Crippen LogP) is 4.14. The Balaban J connectivity index is 1.88. The van der Waals surface area contributed by atoms with E-state index in [0.717, 1.165) is 72.8 Å². The molecule has 0 N–H and O–H groups in total. The number of hydrogen-bond acceptors (Lipinski definition) is 4. The molecule has 140 valence electrons. The Bertz CT molecular complexity index is 993. The molecule has 0 aliphatic rings. The number of benzene rings is 1. The summed E-state index contributed by atoms with van der Waals surface area (Å²) in [5.41, 5.74) is 3.09. The van der Waals surface area contributed by atoms with Gasteiger partial charge in [-0.3, -0.25) is 4.98 Å². The van der Waals surface area contributed by atoms with Crippen LogP contribution in [0.4, 0.5) is 0 Å². The van der Waals surface area contributed by atoms with Gasteiger partial charge in [-0.15, -0.1) is 0 Å². The monoisotopic (exact) mass is 373 g/mol. The highest BCUT2D eigenvalue weighted by molar-refractivity contribution is 7.90. The van der Waals surface area contributed by atoms with Crippen LogP contribution in [0.5, 0.6) is 0 Å². The zero-order valence-corrected chi connectivity index (χ0v) is 16.4. The highest BCUT2D eigenvalue weighted by atomic mass is 32.2. The largest absolute Gasteiger partial charge is 0.327 e. The number of para-hydroxylation sites is 1. The van der Waals surface area contributed by atoms with Gasteiger partial charge in [0.1, 0.15) is 21.2 Å². The van der Waals surface area contributed by atoms with Gasteiger partial charge < -0.3 is 4.57 Å². The van der Waals surface area contributed by atoms with E-state index in [1.807, 2.05) is 24.4 Å². The minimum absolute atomic E-state index is 0.271. The first-order chi connectivity index (χ1) is 12.5. The fraction of sp³-hybridized carbons (Fsp3) is 0.500. The van der Waals surface area contributed by atoms with Crippen LogP contribution in [-0.2, 0) is 22.8 Å². The smallest absolute Gasteiger partial charge is 0.147 e. The molecule has 0 aliphatic carbocycles. The number of fused-ring (bicyclic) bond motifs is 3. The summed E-state index contributed by atoms with van der Waals surface area (Å²) in [7, 11) is -2.87. The third-order valence-corrected chi connectivity index (χ3v) is 5.74. The molecular weight excluding hydrogens is 346 g/mol. The molecule has 0 bridgehead atoms. The van der Waals surface area contributed by atoms with Crippen LogP contribution in [0.1, 0.15) is 44.9 Å². The van der Waals surface area contributed by atoms with Gasteiger partial charge in [-0.05, 0) is 25.3 Å². The van der Waals surface area contributed by atoms with Crippen molar-refractivity contribution >= 4 is 31.8 Å². The Labute approximate surface area is 155 Å². The summed E-state index contributed by atoms with van der Waals surface area (Å²) >= 11 is 0. The van der Waals surface area contributed by atoms with E-state index in [0.29, 0.717) is 0 Å². The summed E-state index contributed by atoms with van der Waals surface area (Å²) < 4.78 is 24.9. The van der Waals surface area contributed by atoms with Crippen LogP contribution in [0.25, 0.3) is 21.9 Å². The Morgan fingerprint density at radius 3 is 2.62 bits per heavy atom. The van der Waals surface area contributed by atoms with E-state index in [-0.39, 0.29) is 5.75 Å². The summed E-state index contributed by atoms with van der Waals surface area (Å²) in [6.07, 6.45) is 8.96. The average molecular weight is 374 g/mol. The molecule has 2 heterocycles. The third-order valence-electron chi connectivity index (χ3n) is 4.71. The molecule has 5 nitrogen and oxygen atoms in total. The number of aromatic nitrogens is 3. The van der Waals surface area contributed by atoms with Crippen molar-refractivity contribution < 1.29 is 8.42 Å². The lowest BCUT2D eigenvalue weighted by atomic mass is 10.2. The van der Waals surface area contributed by atoms with Crippen molar-refractivity contribution in [2.24, 2.45) is 0 Å². The summed E-state index contributed by atoms with van der Waals surface area (Å²) in [5, 5.41) is 1.14. The van der Waals surface area contributed by atoms with Gasteiger partial charge in [0.05, 0.1) is 17.2 Å². The lowest BCUT2D eigenvalue weighted by Crippen LogP contribution is -2.06. The number of imidazole rings is 1. The van der Waals surface area contributed by atoms with Gasteiger partial charge in [-0.2, -0.15) is 0 Å². The van der Waals surface area contributed by atoms with Crippen molar-refractivity contribution in [3.05, 3.63) is 36.3 Å². The molecule has 0 atom stereocenters. The van der Waals surface area contributed by atoms with Gasteiger partial charge >= 0.3 is 0 Å². The molecule has 6 heteroatoms. The van der Waals surface area contributed by atoms with E-state index in [1.165, 1.54) is 6.26 Å². The van der Waals surface area contributed by atoms with Gasteiger partial charge in [0.25, 0.3) is 0 Å². The molecule has 2 aromatic heterocycles. The predicted molar refractivity (Wildman–Crippen MR) is 107 cm³/mol. The maximum absolute atomic E-state index is 11.3. The number of hydrogen-bond donors (Lipinski definition) is 0. The quantitative estimate of drug-likeness (QED) is 0.529. The number of aryl methyl sites for hydroxylation is 2. The minimum atomic E-state index is -2.87. The first-order valence-corrected chi connectivity index (χ1v) is 11.5. The second kappa shape index (κ2) is 8.16. The van der Waals surface area contributed by atoms with Crippen molar-refractivity contribution in [1.29, 1.82) is 0 Å². The molecule has 0 amide bonds. The molecule has 0 fully saturated rings. The maximum Gasteiger partial charge on any atom is 0.147 e. The van der Waals surface area contributed by atoms with Gasteiger partial charge in [-0.1, -0.05) is 38.0 Å². The standard InChI is InChI=1S/C20H27N3O2S/c1-3-4-12-19-22-18-15-21-17-11-7-6-10-16(17)20(18)23(19)13-8-5-9-14-26(2,24)25/h6-7,10-11,15H,3-5,8-9,12-14H2,1-2H3. The van der Waals surface area contributed by atoms with Crippen LogP contribution >= 0.6 is 0 Å². The van der Waals surface area contributed by atoms with Crippen LogP contribution in [-0.4, -0.2) is 35.0 Å². The Morgan fingerprint density at radius 1 is 1.04 bits per heavy atom. The highest BCUT2D eigenvalue weighted by Crippen LogP contribution is 2.26.